The molecule has 2 heterocycles. The molecule has 1 aromatic heterocycles. The molecule has 2 aromatic rings. The van der Waals surface area contributed by atoms with E-state index in [9.17, 15) is 31.5 Å². The van der Waals surface area contributed by atoms with E-state index in [1.165, 1.54) is 28.7 Å². The van der Waals surface area contributed by atoms with Crippen molar-refractivity contribution in [3.63, 3.8) is 0 Å². The van der Waals surface area contributed by atoms with E-state index in [2.05, 4.69) is 4.98 Å². The van der Waals surface area contributed by atoms with Gasteiger partial charge in [0, 0.05) is 31.4 Å². The number of sulfonamides is 1. The molecule has 0 bridgehead atoms. The SMILES string of the molecule is O=C(O)c1cccnc1N1CCC(N(C2CC2)S(=O)(=O)c2cccc(C(F)(F)F)c2)CC1. The molecule has 0 radical (unpaired) electrons. The Morgan fingerprint density at radius 3 is 2.31 bits per heavy atom. The molecule has 1 saturated heterocycles. The van der Waals surface area contributed by atoms with Gasteiger partial charge in [0.05, 0.1) is 10.5 Å². The van der Waals surface area contributed by atoms with Crippen LogP contribution in [0.25, 0.3) is 0 Å². The maximum absolute atomic E-state index is 13.3. The molecule has 0 unspecified atom stereocenters. The highest BCUT2D eigenvalue weighted by Crippen LogP contribution is 2.38. The van der Waals surface area contributed by atoms with E-state index < -0.39 is 27.7 Å². The first-order valence-electron chi connectivity index (χ1n) is 10.2. The minimum absolute atomic E-state index is 0.0709. The minimum atomic E-state index is -4.63. The van der Waals surface area contributed by atoms with E-state index in [4.69, 9.17) is 0 Å². The summed E-state index contributed by atoms with van der Waals surface area (Å²) in [5, 5.41) is 9.40. The van der Waals surface area contributed by atoms with Gasteiger partial charge >= 0.3 is 12.1 Å². The number of halogens is 3. The van der Waals surface area contributed by atoms with E-state index in [0.29, 0.717) is 50.7 Å². The van der Waals surface area contributed by atoms with Gasteiger partial charge in [-0.3, -0.25) is 0 Å². The van der Waals surface area contributed by atoms with Gasteiger partial charge in [0.1, 0.15) is 11.4 Å². The summed E-state index contributed by atoms with van der Waals surface area (Å²) in [6.07, 6.45) is -0.952. The third-order valence-electron chi connectivity index (χ3n) is 5.78. The van der Waals surface area contributed by atoms with E-state index in [1.54, 1.807) is 0 Å². The van der Waals surface area contributed by atoms with Gasteiger partial charge in [-0.15, -0.1) is 0 Å². The second kappa shape index (κ2) is 8.36. The first-order chi connectivity index (χ1) is 15.1. The molecule has 32 heavy (non-hydrogen) atoms. The predicted molar refractivity (Wildman–Crippen MR) is 110 cm³/mol. The molecule has 1 N–H and O–H groups in total. The van der Waals surface area contributed by atoms with Gasteiger partial charge in [-0.1, -0.05) is 6.07 Å². The van der Waals surface area contributed by atoms with Gasteiger partial charge in [0.15, 0.2) is 0 Å². The van der Waals surface area contributed by atoms with Crippen LogP contribution in [0, 0.1) is 0 Å². The normalized spacial score (nSPS) is 18.2. The lowest BCUT2D eigenvalue weighted by Gasteiger charge is -2.38. The lowest BCUT2D eigenvalue weighted by atomic mass is 10.0. The number of rotatable bonds is 6. The van der Waals surface area contributed by atoms with Crippen LogP contribution in [0.2, 0.25) is 0 Å². The summed E-state index contributed by atoms with van der Waals surface area (Å²) in [6.45, 7) is 0.784. The van der Waals surface area contributed by atoms with E-state index in [1.807, 2.05) is 4.90 Å². The predicted octanol–water partition coefficient (Wildman–Crippen LogP) is 3.62. The van der Waals surface area contributed by atoms with E-state index >= 15 is 0 Å². The number of hydrogen-bond acceptors (Lipinski definition) is 5. The molecule has 0 amide bonds. The van der Waals surface area contributed by atoms with Crippen molar-refractivity contribution >= 4 is 21.8 Å². The molecule has 7 nitrogen and oxygen atoms in total. The average molecular weight is 469 g/mol. The zero-order chi connectivity index (χ0) is 23.1. The van der Waals surface area contributed by atoms with Gasteiger partial charge < -0.3 is 10.0 Å². The Morgan fingerprint density at radius 2 is 1.72 bits per heavy atom. The molecule has 0 atom stereocenters. The van der Waals surface area contributed by atoms with Gasteiger partial charge in [-0.05, 0) is 56.0 Å². The lowest BCUT2D eigenvalue weighted by Crippen LogP contribution is -2.48. The van der Waals surface area contributed by atoms with Crippen molar-refractivity contribution in [3.8, 4) is 0 Å². The number of carbonyl (C=O) groups is 1. The van der Waals surface area contributed by atoms with Crippen molar-refractivity contribution in [1.82, 2.24) is 9.29 Å². The molecule has 172 valence electrons. The number of anilines is 1. The zero-order valence-corrected chi connectivity index (χ0v) is 17.8. The molecule has 2 fully saturated rings. The van der Waals surface area contributed by atoms with Crippen molar-refractivity contribution < 1.29 is 31.5 Å². The summed E-state index contributed by atoms with van der Waals surface area (Å²) in [6, 6.07) is 6.24. The topological polar surface area (TPSA) is 90.8 Å². The molecule has 1 saturated carbocycles. The number of hydrogen-bond donors (Lipinski definition) is 1. The summed E-state index contributed by atoms with van der Waals surface area (Å²) in [4.78, 5) is 17.1. The van der Waals surface area contributed by atoms with Crippen molar-refractivity contribution in [3.05, 3.63) is 53.7 Å². The number of carboxylic acids is 1. The maximum Gasteiger partial charge on any atom is 0.416 e. The smallest absolute Gasteiger partial charge is 0.416 e. The number of aromatic nitrogens is 1. The standard InChI is InChI=1S/C21H22F3N3O4S/c22-21(23,24)14-3-1-4-17(13-14)32(30,31)27(15-6-7-15)16-8-11-26(12-9-16)19-18(20(28)29)5-2-10-25-19/h1-5,10,13,15-16H,6-9,11-12H2,(H,28,29). The Morgan fingerprint density at radius 1 is 1.06 bits per heavy atom. The van der Waals surface area contributed by atoms with E-state index in [0.717, 1.165) is 12.1 Å². The number of nitrogens with zero attached hydrogens (tertiary/aromatic N) is 3. The minimum Gasteiger partial charge on any atom is -0.478 e. The number of aromatic carboxylic acids is 1. The Balaban J connectivity index is 1.56. The summed E-state index contributed by atoms with van der Waals surface area (Å²) < 4.78 is 67.4. The van der Waals surface area contributed by atoms with Gasteiger partial charge in [0.25, 0.3) is 0 Å². The first-order valence-corrected chi connectivity index (χ1v) is 11.7. The van der Waals surface area contributed by atoms with Crippen molar-refractivity contribution in [2.75, 3.05) is 18.0 Å². The second-order valence-electron chi connectivity index (χ2n) is 7.99. The van der Waals surface area contributed by atoms with Crippen LogP contribution in [0.1, 0.15) is 41.6 Å². The van der Waals surface area contributed by atoms with Crippen LogP contribution in [-0.2, 0) is 16.2 Å². The fourth-order valence-corrected chi connectivity index (χ4v) is 6.10. The first kappa shape index (κ1) is 22.5. The number of carboxylic acid groups (broad SMARTS) is 1. The summed E-state index contributed by atoms with van der Waals surface area (Å²) >= 11 is 0. The van der Waals surface area contributed by atoms with Crippen LogP contribution in [0.3, 0.4) is 0 Å². The molecular weight excluding hydrogens is 447 g/mol. The molecule has 4 rings (SSSR count). The maximum atomic E-state index is 13.3. The Hall–Kier alpha value is -2.66. The van der Waals surface area contributed by atoms with Crippen molar-refractivity contribution in [2.45, 2.75) is 48.8 Å². The number of pyridine rings is 1. The largest absolute Gasteiger partial charge is 0.478 e. The van der Waals surface area contributed by atoms with Crippen LogP contribution in [-0.4, -0.2) is 54.0 Å². The summed E-state index contributed by atoms with van der Waals surface area (Å²) in [5.74, 6) is -0.765. The van der Waals surface area contributed by atoms with Gasteiger partial charge in [-0.2, -0.15) is 17.5 Å². The third-order valence-corrected chi connectivity index (χ3v) is 7.79. The molecule has 1 aromatic carbocycles. The molecule has 0 spiro atoms. The van der Waals surface area contributed by atoms with Crippen LogP contribution >= 0.6 is 0 Å². The van der Waals surface area contributed by atoms with Crippen LogP contribution in [0.15, 0.2) is 47.5 Å². The van der Waals surface area contributed by atoms with E-state index in [-0.39, 0.29) is 22.5 Å². The number of alkyl halides is 3. The highest BCUT2D eigenvalue weighted by molar-refractivity contribution is 7.89. The molecule has 1 aliphatic carbocycles. The summed E-state index contributed by atoms with van der Waals surface area (Å²) in [7, 11) is -4.12. The van der Waals surface area contributed by atoms with Gasteiger partial charge in [-0.25, -0.2) is 18.2 Å². The Labute approximate surface area is 183 Å². The number of benzene rings is 1. The fraction of sp³-hybridized carbons (Fsp3) is 0.429. The van der Waals surface area contributed by atoms with Crippen LogP contribution in [0.5, 0.6) is 0 Å². The highest BCUT2D eigenvalue weighted by atomic mass is 32.2. The quantitative estimate of drug-likeness (QED) is 0.695. The van der Waals surface area contributed by atoms with Gasteiger partial charge in [0.2, 0.25) is 10.0 Å². The fourth-order valence-electron chi connectivity index (χ4n) is 4.12. The summed E-state index contributed by atoms with van der Waals surface area (Å²) in [5.41, 5.74) is -0.929. The highest BCUT2D eigenvalue weighted by Gasteiger charge is 2.44. The lowest BCUT2D eigenvalue weighted by molar-refractivity contribution is -0.137. The molecule has 1 aliphatic heterocycles. The Kier molecular flexibility index (Phi) is 5.89. The average Bonchev–Trinajstić information content (AvgIpc) is 3.58. The zero-order valence-electron chi connectivity index (χ0n) is 17.0. The van der Waals surface area contributed by atoms with Crippen LogP contribution < -0.4 is 4.90 Å². The van der Waals surface area contributed by atoms with Crippen molar-refractivity contribution in [2.24, 2.45) is 0 Å². The monoisotopic (exact) mass is 469 g/mol. The van der Waals surface area contributed by atoms with Crippen LogP contribution in [0.4, 0.5) is 19.0 Å². The molecular formula is C21H22F3N3O4S. The third kappa shape index (κ3) is 4.44. The van der Waals surface area contributed by atoms with Crippen molar-refractivity contribution in [1.29, 1.82) is 0 Å². The Bertz CT molecular complexity index is 1110. The molecule has 11 heteroatoms. The number of piperidine rings is 1. The molecule has 2 aliphatic rings. The second-order valence-corrected chi connectivity index (χ2v) is 9.83.